The minimum atomic E-state index is -0.558. The number of aryl methyl sites for hydroxylation is 1. The summed E-state index contributed by atoms with van der Waals surface area (Å²) in [7, 11) is 0. The van der Waals surface area contributed by atoms with Gasteiger partial charge in [0.05, 0.1) is 6.57 Å². The SMILES string of the molecule is [C-]#[N+]c1c(C(=O)OC2C(C)CC(C)CC2C)c2nc(-c3ccc(CC)cc3)[nH]n2c1C(=O)N(C1CCCCC1)C1CCCCC1. The lowest BCUT2D eigenvalue weighted by molar-refractivity contribution is -0.0249. The number of H-pyrrole nitrogens is 1. The highest BCUT2D eigenvalue weighted by Gasteiger charge is 2.40. The number of hydrogen-bond acceptors (Lipinski definition) is 4. The number of hydrogen-bond donors (Lipinski definition) is 1. The van der Waals surface area contributed by atoms with Crippen molar-refractivity contribution in [3.63, 3.8) is 0 Å². The van der Waals surface area contributed by atoms with E-state index in [-0.39, 0.29) is 52.9 Å². The normalized spacial score (nSPS) is 24.8. The topological polar surface area (TPSA) is 84.1 Å². The molecule has 0 aliphatic heterocycles. The molecule has 2 atom stereocenters. The molecule has 8 nitrogen and oxygen atoms in total. The fourth-order valence-electron chi connectivity index (χ4n) is 8.60. The predicted molar refractivity (Wildman–Crippen MR) is 176 cm³/mol. The van der Waals surface area contributed by atoms with Gasteiger partial charge in [-0.05, 0) is 68.3 Å². The number of aromatic amines is 1. The second kappa shape index (κ2) is 13.4. The van der Waals surface area contributed by atoms with E-state index in [0.29, 0.717) is 17.4 Å². The fourth-order valence-corrected chi connectivity index (χ4v) is 8.60. The van der Waals surface area contributed by atoms with Crippen molar-refractivity contribution in [2.24, 2.45) is 17.8 Å². The van der Waals surface area contributed by atoms with Crippen LogP contribution in [0.1, 0.15) is 131 Å². The summed E-state index contributed by atoms with van der Waals surface area (Å²) in [6.45, 7) is 16.9. The van der Waals surface area contributed by atoms with E-state index >= 15 is 0 Å². The molecule has 1 amide bonds. The Kier molecular flexibility index (Phi) is 9.35. The summed E-state index contributed by atoms with van der Waals surface area (Å²) in [4.78, 5) is 39.9. The van der Waals surface area contributed by atoms with Crippen molar-refractivity contribution in [2.45, 2.75) is 129 Å². The maximum atomic E-state index is 14.9. The number of carbonyl (C=O) groups is 2. The highest BCUT2D eigenvalue weighted by atomic mass is 16.5. The van der Waals surface area contributed by atoms with Gasteiger partial charge in [-0.25, -0.2) is 19.1 Å². The molecule has 0 spiro atoms. The lowest BCUT2D eigenvalue weighted by atomic mass is 9.75. The molecule has 0 radical (unpaired) electrons. The maximum Gasteiger partial charge on any atom is 0.331 e. The Morgan fingerprint density at radius 3 is 2.07 bits per heavy atom. The number of nitrogens with zero attached hydrogens (tertiary/aromatic N) is 4. The molecular formula is C37H49N5O3. The molecule has 0 saturated heterocycles. The zero-order valence-electron chi connectivity index (χ0n) is 27.5. The summed E-state index contributed by atoms with van der Waals surface area (Å²) in [5.74, 6) is 0.831. The Morgan fingerprint density at radius 1 is 0.956 bits per heavy atom. The van der Waals surface area contributed by atoms with Gasteiger partial charge in [0.15, 0.2) is 11.5 Å². The Hall–Kier alpha value is -3.60. The van der Waals surface area contributed by atoms with Gasteiger partial charge in [0.1, 0.15) is 17.4 Å². The van der Waals surface area contributed by atoms with Crippen molar-refractivity contribution < 1.29 is 14.3 Å². The third-order valence-corrected chi connectivity index (χ3v) is 10.8. The summed E-state index contributed by atoms with van der Waals surface area (Å²) in [5.41, 5.74) is 2.74. The van der Waals surface area contributed by atoms with Crippen LogP contribution in [0.25, 0.3) is 21.9 Å². The van der Waals surface area contributed by atoms with Crippen LogP contribution in [0.4, 0.5) is 5.69 Å². The van der Waals surface area contributed by atoms with Crippen molar-refractivity contribution in [2.75, 3.05) is 0 Å². The predicted octanol–water partition coefficient (Wildman–Crippen LogP) is 8.78. The van der Waals surface area contributed by atoms with E-state index in [4.69, 9.17) is 16.3 Å². The van der Waals surface area contributed by atoms with Crippen molar-refractivity contribution in [3.8, 4) is 11.4 Å². The average molecular weight is 612 g/mol. The standard InChI is InChI=1S/C37H49N5O3/c1-6-26-17-19-27(20-18-26)34-39-35-30(37(44)45-33-24(3)21-23(2)22-25(33)4)31(38-5)32(42(35)40-34)36(43)41(28-13-9-7-10-14-28)29-15-11-8-12-16-29/h17-20,23-25,28-29,33H,6-16,21-22H2,1-4H3,(H,39,40). The number of benzene rings is 1. The van der Waals surface area contributed by atoms with Crippen LogP contribution >= 0.6 is 0 Å². The Balaban J connectivity index is 1.47. The number of carbonyl (C=O) groups excluding carboxylic acids is 2. The van der Waals surface area contributed by atoms with E-state index in [2.05, 4.69) is 54.7 Å². The minimum Gasteiger partial charge on any atom is -0.459 e. The minimum absolute atomic E-state index is 0.0535. The van der Waals surface area contributed by atoms with Gasteiger partial charge >= 0.3 is 5.97 Å². The molecule has 6 rings (SSSR count). The van der Waals surface area contributed by atoms with Crippen LogP contribution in [0.2, 0.25) is 0 Å². The van der Waals surface area contributed by atoms with Crippen LogP contribution in [-0.4, -0.2) is 49.6 Å². The summed E-state index contributed by atoms with van der Waals surface area (Å²) < 4.78 is 7.87. The van der Waals surface area contributed by atoms with E-state index < -0.39 is 5.97 Å². The number of nitrogens with one attached hydrogen (secondary N) is 1. The number of amides is 1. The molecule has 3 aromatic rings. The van der Waals surface area contributed by atoms with Gasteiger partial charge in [0.2, 0.25) is 5.69 Å². The second-order valence-electron chi connectivity index (χ2n) is 14.2. The fraction of sp³-hybridized carbons (Fsp3) is 0.622. The van der Waals surface area contributed by atoms with Crippen molar-refractivity contribution in [1.29, 1.82) is 0 Å². The molecule has 45 heavy (non-hydrogen) atoms. The van der Waals surface area contributed by atoms with E-state index in [0.717, 1.165) is 76.2 Å². The number of fused-ring (bicyclic) bond motifs is 1. The third kappa shape index (κ3) is 6.15. The van der Waals surface area contributed by atoms with Crippen LogP contribution in [0.3, 0.4) is 0 Å². The number of aromatic nitrogens is 3. The van der Waals surface area contributed by atoms with Gasteiger partial charge in [-0.15, -0.1) is 0 Å². The quantitative estimate of drug-likeness (QED) is 0.214. The number of rotatable bonds is 7. The van der Waals surface area contributed by atoms with Crippen molar-refractivity contribution in [3.05, 3.63) is 52.5 Å². The molecule has 2 unspecified atom stereocenters. The molecule has 2 aromatic heterocycles. The monoisotopic (exact) mass is 611 g/mol. The second-order valence-corrected chi connectivity index (χ2v) is 14.2. The smallest absolute Gasteiger partial charge is 0.331 e. The third-order valence-electron chi connectivity index (χ3n) is 10.8. The first kappa shape index (κ1) is 31.4. The van der Waals surface area contributed by atoms with E-state index in [1.54, 1.807) is 4.52 Å². The van der Waals surface area contributed by atoms with Crippen LogP contribution < -0.4 is 0 Å². The molecule has 2 heterocycles. The molecule has 3 fully saturated rings. The van der Waals surface area contributed by atoms with Gasteiger partial charge in [-0.2, -0.15) is 0 Å². The Labute approximate surface area is 267 Å². The first-order valence-electron chi connectivity index (χ1n) is 17.5. The first-order valence-corrected chi connectivity index (χ1v) is 17.5. The molecule has 240 valence electrons. The van der Waals surface area contributed by atoms with Gasteiger partial charge < -0.3 is 9.64 Å². The first-order chi connectivity index (χ1) is 21.8. The molecule has 8 heteroatoms. The molecule has 1 aromatic carbocycles. The van der Waals surface area contributed by atoms with Crippen LogP contribution in [0.5, 0.6) is 0 Å². The highest BCUT2D eigenvalue weighted by Crippen LogP contribution is 2.40. The van der Waals surface area contributed by atoms with Gasteiger partial charge in [-0.1, -0.05) is 90.5 Å². The van der Waals surface area contributed by atoms with Crippen LogP contribution in [0.15, 0.2) is 24.3 Å². The van der Waals surface area contributed by atoms with Gasteiger partial charge in [0, 0.05) is 17.6 Å². The summed E-state index contributed by atoms with van der Waals surface area (Å²) in [6, 6.07) is 8.44. The number of esters is 1. The highest BCUT2D eigenvalue weighted by molar-refractivity contribution is 6.11. The summed E-state index contributed by atoms with van der Waals surface area (Å²) >= 11 is 0. The molecule has 1 N–H and O–H groups in total. The average Bonchev–Trinajstić information content (AvgIpc) is 3.60. The van der Waals surface area contributed by atoms with Crippen LogP contribution in [-0.2, 0) is 11.2 Å². The van der Waals surface area contributed by atoms with E-state index in [9.17, 15) is 9.59 Å². The molecule has 3 aliphatic rings. The summed E-state index contributed by atoms with van der Waals surface area (Å²) in [5, 5.41) is 3.34. The Morgan fingerprint density at radius 2 is 1.53 bits per heavy atom. The lowest BCUT2D eigenvalue weighted by Crippen LogP contribution is -2.49. The van der Waals surface area contributed by atoms with Gasteiger partial charge in [-0.3, -0.25) is 9.89 Å². The van der Waals surface area contributed by atoms with Crippen molar-refractivity contribution in [1.82, 2.24) is 19.5 Å². The molecule has 3 saturated carbocycles. The molecule has 0 bridgehead atoms. The molecule has 3 aliphatic carbocycles. The van der Waals surface area contributed by atoms with E-state index in [1.165, 1.54) is 18.4 Å². The zero-order valence-corrected chi connectivity index (χ0v) is 27.5. The lowest BCUT2D eigenvalue weighted by Gasteiger charge is -2.41. The van der Waals surface area contributed by atoms with E-state index in [1.807, 2.05) is 12.1 Å². The number of ether oxygens (including phenoxy) is 1. The maximum absolute atomic E-state index is 14.9. The Bertz CT molecular complexity index is 1520. The largest absolute Gasteiger partial charge is 0.459 e. The van der Waals surface area contributed by atoms with Crippen LogP contribution in [0, 0.1) is 24.3 Å². The zero-order chi connectivity index (χ0) is 31.7. The molecular weight excluding hydrogens is 562 g/mol. The van der Waals surface area contributed by atoms with Crippen molar-refractivity contribution >= 4 is 23.2 Å². The van der Waals surface area contributed by atoms with Gasteiger partial charge in [0.25, 0.3) is 5.91 Å². The summed E-state index contributed by atoms with van der Waals surface area (Å²) in [6.07, 6.45) is 13.4.